The van der Waals surface area contributed by atoms with Crippen LogP contribution < -0.4 is 0 Å². The quantitative estimate of drug-likeness (QED) is 0.399. The Labute approximate surface area is 137 Å². The average Bonchev–Trinajstić information content (AvgIpc) is 2.45. The lowest BCUT2D eigenvalue weighted by atomic mass is 9.74. The van der Waals surface area contributed by atoms with Gasteiger partial charge in [0.05, 0.1) is 0 Å². The minimum absolute atomic E-state index is 0.0606. The average molecular weight is 309 g/mol. The van der Waals surface area contributed by atoms with E-state index in [2.05, 4.69) is 41.2 Å². The number of hydrogen-bond donors (Lipinski definition) is 0. The molecule has 0 N–H and O–H groups in total. The minimum atomic E-state index is 0.0606. The second-order valence-corrected chi connectivity index (χ2v) is 8.29. The van der Waals surface area contributed by atoms with Crippen LogP contribution in [0, 0.1) is 23.2 Å². The monoisotopic (exact) mass is 308 g/mol. The number of rotatable bonds is 9. The lowest BCUT2D eigenvalue weighted by Gasteiger charge is -2.33. The summed E-state index contributed by atoms with van der Waals surface area (Å²) in [5.41, 5.74) is 1.32. The van der Waals surface area contributed by atoms with Gasteiger partial charge in [0.2, 0.25) is 0 Å². The van der Waals surface area contributed by atoms with E-state index in [9.17, 15) is 4.79 Å². The number of ether oxygens (including phenoxy) is 1. The van der Waals surface area contributed by atoms with Gasteiger partial charge in [-0.05, 0) is 62.2 Å². The first-order valence-corrected chi connectivity index (χ1v) is 9.01. The molecule has 1 fully saturated rings. The molecule has 22 heavy (non-hydrogen) atoms. The highest BCUT2D eigenvalue weighted by molar-refractivity contribution is 5.37. The minimum Gasteiger partial charge on any atom is -0.465 e. The number of hydrogen-bond acceptors (Lipinski definition) is 2. The van der Waals surface area contributed by atoms with Crippen molar-refractivity contribution in [1.29, 1.82) is 0 Å². The second-order valence-electron chi connectivity index (χ2n) is 8.29. The maximum Gasteiger partial charge on any atom is 0.293 e. The fraction of sp³-hybridized carbons (Fsp3) is 0.850. The molecule has 0 spiro atoms. The van der Waals surface area contributed by atoms with Crippen LogP contribution in [0.25, 0.3) is 0 Å². The zero-order valence-electron chi connectivity index (χ0n) is 15.4. The summed E-state index contributed by atoms with van der Waals surface area (Å²) in [4.78, 5) is 10.8. The van der Waals surface area contributed by atoms with Gasteiger partial charge >= 0.3 is 0 Å². The highest BCUT2D eigenvalue weighted by atomic mass is 16.5. The Bertz CT molecular complexity index is 351. The molecule has 1 aliphatic carbocycles. The molecule has 0 aliphatic heterocycles. The molecule has 0 heterocycles. The van der Waals surface area contributed by atoms with E-state index in [1.165, 1.54) is 31.3 Å². The van der Waals surface area contributed by atoms with E-state index in [0.29, 0.717) is 12.4 Å². The molecule has 128 valence electrons. The van der Waals surface area contributed by atoms with E-state index in [-0.39, 0.29) is 11.5 Å². The second kappa shape index (κ2) is 8.74. The largest absolute Gasteiger partial charge is 0.465 e. The molecule has 2 nitrogen and oxygen atoms in total. The summed E-state index contributed by atoms with van der Waals surface area (Å²) in [5, 5.41) is 0. The molecule has 0 bridgehead atoms. The van der Waals surface area contributed by atoms with Crippen molar-refractivity contribution in [3.63, 3.8) is 0 Å². The summed E-state index contributed by atoms with van der Waals surface area (Å²) in [7, 11) is 0. The summed E-state index contributed by atoms with van der Waals surface area (Å²) < 4.78 is 5.39. The first-order chi connectivity index (χ1) is 10.3. The fourth-order valence-electron chi connectivity index (χ4n) is 3.52. The van der Waals surface area contributed by atoms with Crippen LogP contribution in [0.4, 0.5) is 0 Å². The van der Waals surface area contributed by atoms with Gasteiger partial charge in [0.25, 0.3) is 6.47 Å². The number of carbonyl (C=O) groups excluding carboxylic acids is 1. The van der Waals surface area contributed by atoms with Crippen molar-refractivity contribution in [2.75, 3.05) is 0 Å². The van der Waals surface area contributed by atoms with Crippen LogP contribution in [0.15, 0.2) is 12.2 Å². The van der Waals surface area contributed by atoms with E-state index in [0.717, 1.165) is 31.1 Å². The van der Waals surface area contributed by atoms with Crippen molar-refractivity contribution in [3.05, 3.63) is 12.2 Å². The summed E-state index contributed by atoms with van der Waals surface area (Å²) >= 11 is 0. The molecule has 2 atom stereocenters. The predicted octanol–water partition coefficient (Wildman–Crippen LogP) is 5.76. The maximum absolute atomic E-state index is 10.8. The molecule has 2 unspecified atom stereocenters. The Kier molecular flexibility index (Phi) is 7.65. The molecule has 0 aromatic carbocycles. The predicted molar refractivity (Wildman–Crippen MR) is 93.7 cm³/mol. The van der Waals surface area contributed by atoms with Gasteiger partial charge in [-0.15, -0.1) is 0 Å². The highest BCUT2D eigenvalue weighted by Crippen LogP contribution is 2.37. The lowest BCUT2D eigenvalue weighted by Crippen LogP contribution is -2.25. The summed E-state index contributed by atoms with van der Waals surface area (Å²) in [6.45, 7) is 15.9. The molecule has 2 heteroatoms. The third kappa shape index (κ3) is 6.14. The van der Waals surface area contributed by atoms with Gasteiger partial charge in [0.1, 0.15) is 6.10 Å². The summed E-state index contributed by atoms with van der Waals surface area (Å²) in [5.74, 6) is 2.34. The van der Waals surface area contributed by atoms with E-state index < -0.39 is 0 Å². The van der Waals surface area contributed by atoms with Crippen molar-refractivity contribution in [2.45, 2.75) is 85.7 Å². The van der Waals surface area contributed by atoms with Crippen LogP contribution in [-0.2, 0) is 9.53 Å². The molecule has 1 aliphatic rings. The van der Waals surface area contributed by atoms with Gasteiger partial charge in [0.15, 0.2) is 0 Å². The van der Waals surface area contributed by atoms with Crippen LogP contribution in [0.3, 0.4) is 0 Å². The van der Waals surface area contributed by atoms with Gasteiger partial charge in [-0.3, -0.25) is 4.79 Å². The molecule has 1 saturated carbocycles. The van der Waals surface area contributed by atoms with Gasteiger partial charge in [-0.2, -0.15) is 0 Å². The van der Waals surface area contributed by atoms with Gasteiger partial charge < -0.3 is 4.74 Å². The number of carbonyl (C=O) groups is 1. The van der Waals surface area contributed by atoms with Crippen molar-refractivity contribution in [3.8, 4) is 0 Å². The Balaban J connectivity index is 2.49. The van der Waals surface area contributed by atoms with Crippen LogP contribution in [0.5, 0.6) is 0 Å². The Morgan fingerprint density at radius 1 is 1.32 bits per heavy atom. The molecular weight excluding hydrogens is 272 g/mol. The summed E-state index contributed by atoms with van der Waals surface area (Å²) in [6.07, 6.45) is 8.42. The van der Waals surface area contributed by atoms with Crippen molar-refractivity contribution < 1.29 is 9.53 Å². The Morgan fingerprint density at radius 3 is 2.41 bits per heavy atom. The summed E-state index contributed by atoms with van der Waals surface area (Å²) in [6, 6.07) is 0. The zero-order valence-corrected chi connectivity index (χ0v) is 15.4. The standard InChI is InChI=1S/C20H36O2/c1-15(2)20(5,6)12-11-19(22-14-21)13-17(4)18-9-7-16(3)8-10-18/h14,16-19H,1,7-13H2,2-6H3. The van der Waals surface area contributed by atoms with E-state index in [4.69, 9.17) is 4.74 Å². The molecule has 0 radical (unpaired) electrons. The molecular formula is C20H36O2. The third-order valence-corrected chi connectivity index (χ3v) is 5.99. The van der Waals surface area contributed by atoms with Crippen molar-refractivity contribution in [1.82, 2.24) is 0 Å². The smallest absolute Gasteiger partial charge is 0.293 e. The SMILES string of the molecule is C=C(C)C(C)(C)CCC(CC(C)C1CCC(C)CC1)OC=O. The number of allylic oxidation sites excluding steroid dienone is 1. The first-order valence-electron chi connectivity index (χ1n) is 9.01. The molecule has 0 saturated heterocycles. The molecule has 1 rings (SSSR count). The van der Waals surface area contributed by atoms with Crippen molar-refractivity contribution >= 4 is 6.47 Å². The van der Waals surface area contributed by atoms with E-state index in [1.807, 2.05) is 0 Å². The lowest BCUT2D eigenvalue weighted by molar-refractivity contribution is -0.135. The Hall–Kier alpha value is -0.790. The Morgan fingerprint density at radius 2 is 1.91 bits per heavy atom. The highest BCUT2D eigenvalue weighted by Gasteiger charge is 2.27. The van der Waals surface area contributed by atoms with Crippen LogP contribution in [0.1, 0.15) is 79.6 Å². The maximum atomic E-state index is 10.8. The molecule has 0 amide bonds. The van der Waals surface area contributed by atoms with E-state index >= 15 is 0 Å². The van der Waals surface area contributed by atoms with E-state index in [1.54, 1.807) is 0 Å². The third-order valence-electron chi connectivity index (χ3n) is 5.99. The normalized spacial score (nSPS) is 25.3. The fourth-order valence-corrected chi connectivity index (χ4v) is 3.52. The van der Waals surface area contributed by atoms with Gasteiger partial charge in [-0.1, -0.05) is 52.7 Å². The van der Waals surface area contributed by atoms with Gasteiger partial charge in [-0.25, -0.2) is 0 Å². The van der Waals surface area contributed by atoms with Crippen LogP contribution in [0.2, 0.25) is 0 Å². The van der Waals surface area contributed by atoms with Crippen LogP contribution >= 0.6 is 0 Å². The zero-order chi connectivity index (χ0) is 16.8. The van der Waals surface area contributed by atoms with Gasteiger partial charge in [0, 0.05) is 0 Å². The van der Waals surface area contributed by atoms with Crippen LogP contribution in [-0.4, -0.2) is 12.6 Å². The molecule has 0 aromatic heterocycles. The topological polar surface area (TPSA) is 26.3 Å². The first kappa shape index (κ1) is 19.3. The van der Waals surface area contributed by atoms with Crippen molar-refractivity contribution in [2.24, 2.45) is 23.2 Å². The molecule has 0 aromatic rings.